The van der Waals surface area contributed by atoms with E-state index >= 15 is 0 Å². The monoisotopic (exact) mass is 626 g/mol. The second-order valence-electron chi connectivity index (χ2n) is 10.6. The highest BCUT2D eigenvalue weighted by molar-refractivity contribution is 9.10. The van der Waals surface area contributed by atoms with Crippen molar-refractivity contribution in [3.8, 4) is 11.5 Å². The second kappa shape index (κ2) is 12.1. The molecule has 6 rings (SSSR count). The molecule has 0 unspecified atom stereocenters. The summed E-state index contributed by atoms with van der Waals surface area (Å²) >= 11 is 10.1. The Labute approximate surface area is 255 Å². The lowest BCUT2D eigenvalue weighted by Crippen LogP contribution is -2.29. The fourth-order valence-corrected chi connectivity index (χ4v) is 6.30. The average Bonchev–Trinajstić information content (AvgIpc) is 3.47. The van der Waals surface area contributed by atoms with E-state index in [1.165, 1.54) is 22.4 Å². The van der Waals surface area contributed by atoms with Gasteiger partial charge in [0.2, 0.25) is 0 Å². The van der Waals surface area contributed by atoms with Gasteiger partial charge in [-0.05, 0) is 90.9 Å². The maximum atomic E-state index is 6.65. The van der Waals surface area contributed by atoms with Crippen LogP contribution in [0.2, 0.25) is 5.02 Å². The number of aryl methyl sites for hydroxylation is 1. The molecule has 2 aliphatic rings. The number of allylic oxidation sites excluding steroid dienone is 2. The van der Waals surface area contributed by atoms with Crippen molar-refractivity contribution in [2.75, 3.05) is 11.9 Å². The van der Waals surface area contributed by atoms with Gasteiger partial charge in [-0.15, -0.1) is 0 Å². The minimum absolute atomic E-state index is 0.265. The van der Waals surface area contributed by atoms with Gasteiger partial charge in [-0.25, -0.2) is 0 Å². The lowest BCUT2D eigenvalue weighted by Gasteiger charge is -2.37. The first-order valence-electron chi connectivity index (χ1n) is 14.0. The highest BCUT2D eigenvalue weighted by Gasteiger charge is 2.37. The van der Waals surface area contributed by atoms with Crippen LogP contribution >= 0.6 is 27.5 Å². The molecule has 6 heteroatoms. The summed E-state index contributed by atoms with van der Waals surface area (Å²) in [6.45, 7) is 5.01. The summed E-state index contributed by atoms with van der Waals surface area (Å²) in [6.07, 6.45) is 7.62. The first-order valence-corrected chi connectivity index (χ1v) is 15.2. The summed E-state index contributed by atoms with van der Waals surface area (Å²) in [6, 6.07) is 27.3. The number of anilines is 1. The van der Waals surface area contributed by atoms with E-state index in [-0.39, 0.29) is 6.04 Å². The molecule has 0 bridgehead atoms. The van der Waals surface area contributed by atoms with Gasteiger partial charge in [0.15, 0.2) is 11.5 Å². The number of ether oxygens (including phenoxy) is 2. The molecule has 0 amide bonds. The van der Waals surface area contributed by atoms with E-state index in [0.717, 1.165) is 27.7 Å². The number of halogens is 2. The van der Waals surface area contributed by atoms with Gasteiger partial charge < -0.3 is 14.8 Å². The van der Waals surface area contributed by atoms with E-state index in [0.29, 0.717) is 41.6 Å². The van der Waals surface area contributed by atoms with Crippen LogP contribution in [0.4, 0.5) is 11.4 Å². The standard InChI is InChI=1S/C35H32BrClN2O2/c1-3-40-33-19-24(18-31(37)35(33)41-21-23-8-12-26(36)13-9-23)20-38-27-14-10-25(11-15-27)34-29-6-4-5-28(29)30-17-22(2)7-16-32(30)39-34/h4-5,7-20,28-29,34,39H,3,6,21H2,1-2H3/t28-,29-,34+/m1/s1. The molecule has 4 nitrogen and oxygen atoms in total. The summed E-state index contributed by atoms with van der Waals surface area (Å²) in [5, 5.41) is 4.31. The zero-order valence-electron chi connectivity index (χ0n) is 23.1. The predicted octanol–water partition coefficient (Wildman–Crippen LogP) is 9.97. The van der Waals surface area contributed by atoms with Gasteiger partial charge in [0.05, 0.1) is 23.4 Å². The maximum absolute atomic E-state index is 6.65. The first-order chi connectivity index (χ1) is 20.0. The van der Waals surface area contributed by atoms with Crippen molar-refractivity contribution in [3.05, 3.63) is 128 Å². The molecule has 0 radical (unpaired) electrons. The van der Waals surface area contributed by atoms with E-state index in [4.69, 9.17) is 26.1 Å². The summed E-state index contributed by atoms with van der Waals surface area (Å²) < 4.78 is 13.0. The fraction of sp³-hybridized carbons (Fsp3) is 0.229. The highest BCUT2D eigenvalue weighted by Crippen LogP contribution is 2.50. The van der Waals surface area contributed by atoms with Crippen molar-refractivity contribution in [2.24, 2.45) is 10.9 Å². The Balaban J connectivity index is 1.17. The third kappa shape index (κ3) is 6.07. The third-order valence-corrected chi connectivity index (χ3v) is 8.57. The summed E-state index contributed by atoms with van der Waals surface area (Å²) in [5.74, 6) is 2.11. The van der Waals surface area contributed by atoms with Gasteiger partial charge in [-0.3, -0.25) is 4.99 Å². The molecule has 1 aliphatic carbocycles. The molecule has 1 N–H and O–H groups in total. The molecule has 0 saturated carbocycles. The lowest BCUT2D eigenvalue weighted by atomic mass is 9.76. The van der Waals surface area contributed by atoms with E-state index in [1.807, 2.05) is 49.5 Å². The average molecular weight is 628 g/mol. The maximum Gasteiger partial charge on any atom is 0.180 e. The predicted molar refractivity (Wildman–Crippen MR) is 172 cm³/mol. The largest absolute Gasteiger partial charge is 0.490 e. The van der Waals surface area contributed by atoms with Crippen LogP contribution in [0.1, 0.15) is 53.1 Å². The Morgan fingerprint density at radius 1 is 1.00 bits per heavy atom. The van der Waals surface area contributed by atoms with Crippen molar-refractivity contribution in [3.63, 3.8) is 0 Å². The number of hydrogen-bond donors (Lipinski definition) is 1. The molecular weight excluding hydrogens is 596 g/mol. The van der Waals surface area contributed by atoms with Gasteiger partial charge in [0.1, 0.15) is 6.61 Å². The smallest absolute Gasteiger partial charge is 0.180 e. The number of rotatable bonds is 8. The Morgan fingerprint density at radius 2 is 1.80 bits per heavy atom. The van der Waals surface area contributed by atoms with Crippen LogP contribution in [0.25, 0.3) is 0 Å². The summed E-state index contributed by atoms with van der Waals surface area (Å²) in [4.78, 5) is 4.73. The van der Waals surface area contributed by atoms with Crippen molar-refractivity contribution in [2.45, 2.75) is 38.8 Å². The van der Waals surface area contributed by atoms with Crippen LogP contribution in [0.15, 0.2) is 100 Å². The van der Waals surface area contributed by atoms with Crippen molar-refractivity contribution in [1.82, 2.24) is 0 Å². The zero-order valence-corrected chi connectivity index (χ0v) is 25.5. The molecular formula is C35H32BrClN2O2. The number of benzene rings is 4. The number of nitrogens with one attached hydrogen (secondary N) is 1. The Hall–Kier alpha value is -3.54. The third-order valence-electron chi connectivity index (χ3n) is 7.76. The van der Waals surface area contributed by atoms with E-state index in [2.05, 4.69) is 82.8 Å². The number of hydrogen-bond acceptors (Lipinski definition) is 4. The molecule has 4 aromatic carbocycles. The van der Waals surface area contributed by atoms with Crippen LogP contribution in [-0.4, -0.2) is 12.8 Å². The zero-order chi connectivity index (χ0) is 28.3. The molecule has 0 aromatic heterocycles. The quantitative estimate of drug-likeness (QED) is 0.156. The number of aliphatic imine (C=N–C) groups is 1. The topological polar surface area (TPSA) is 42.8 Å². The molecule has 41 heavy (non-hydrogen) atoms. The van der Waals surface area contributed by atoms with E-state index < -0.39 is 0 Å². The summed E-state index contributed by atoms with van der Waals surface area (Å²) in [7, 11) is 0. The SMILES string of the molecule is CCOc1cc(C=Nc2ccc([C@@H]3Nc4ccc(C)cc4[C@@H]4C=CC[C@H]43)cc2)cc(Cl)c1OCc1ccc(Br)cc1. The fourth-order valence-electron chi connectivity index (χ4n) is 5.76. The molecule has 1 aliphatic heterocycles. The van der Waals surface area contributed by atoms with Crippen LogP contribution < -0.4 is 14.8 Å². The lowest BCUT2D eigenvalue weighted by molar-refractivity contribution is 0.269. The Bertz CT molecular complexity index is 1600. The van der Waals surface area contributed by atoms with Gasteiger partial charge in [0.25, 0.3) is 0 Å². The van der Waals surface area contributed by atoms with E-state index in [9.17, 15) is 0 Å². The van der Waals surface area contributed by atoms with Gasteiger partial charge in [-0.2, -0.15) is 0 Å². The normalized spacial score (nSPS) is 19.1. The Morgan fingerprint density at radius 3 is 2.59 bits per heavy atom. The van der Waals surface area contributed by atoms with Crippen LogP contribution in [0.5, 0.6) is 11.5 Å². The van der Waals surface area contributed by atoms with Crippen molar-refractivity contribution >= 4 is 45.1 Å². The van der Waals surface area contributed by atoms with Crippen molar-refractivity contribution < 1.29 is 9.47 Å². The van der Waals surface area contributed by atoms with Gasteiger partial charge in [-0.1, -0.05) is 81.6 Å². The molecule has 208 valence electrons. The highest BCUT2D eigenvalue weighted by atomic mass is 79.9. The van der Waals surface area contributed by atoms with Crippen LogP contribution in [-0.2, 0) is 6.61 Å². The van der Waals surface area contributed by atoms with Crippen LogP contribution in [0.3, 0.4) is 0 Å². The minimum Gasteiger partial charge on any atom is -0.490 e. The second-order valence-corrected chi connectivity index (χ2v) is 11.9. The molecule has 4 aromatic rings. The van der Waals surface area contributed by atoms with E-state index in [1.54, 1.807) is 0 Å². The molecule has 3 atom stereocenters. The molecule has 0 saturated heterocycles. The number of nitrogens with zero attached hydrogens (tertiary/aromatic N) is 1. The van der Waals surface area contributed by atoms with Gasteiger partial charge >= 0.3 is 0 Å². The molecule has 0 fully saturated rings. The first kappa shape index (κ1) is 27.6. The van der Waals surface area contributed by atoms with Crippen LogP contribution in [0, 0.1) is 12.8 Å². The van der Waals surface area contributed by atoms with Gasteiger partial charge in [0, 0.05) is 22.3 Å². The molecule has 0 spiro atoms. The molecule has 1 heterocycles. The Kier molecular flexibility index (Phi) is 8.18. The van der Waals surface area contributed by atoms with Crippen molar-refractivity contribution in [1.29, 1.82) is 0 Å². The number of fused-ring (bicyclic) bond motifs is 3. The summed E-state index contributed by atoms with van der Waals surface area (Å²) in [5.41, 5.74) is 8.01. The minimum atomic E-state index is 0.265.